The molecule has 4 N–H and O–H groups in total. The maximum absolute atomic E-state index is 5.31. The summed E-state index contributed by atoms with van der Waals surface area (Å²) in [5.74, 6) is 0. The van der Waals surface area contributed by atoms with Crippen LogP contribution in [0.3, 0.4) is 0 Å². The molecular weight excluding hydrogens is 701 g/mol. The number of benzene rings is 2. The summed E-state index contributed by atoms with van der Waals surface area (Å²) in [6, 6.07) is 24.9. The fraction of sp³-hybridized carbons (Fsp3) is 0.467. The van der Waals surface area contributed by atoms with Crippen molar-refractivity contribution >= 4 is 109 Å². The molecule has 0 aliphatic carbocycles. The van der Waals surface area contributed by atoms with Crippen LogP contribution in [0.5, 0.6) is 0 Å². The largest absolute Gasteiger partial charge is 0.363 e. The lowest BCUT2D eigenvalue weighted by atomic mass is 10.4. The highest BCUT2D eigenvalue weighted by Gasteiger charge is 2.13. The number of hydrogen-bond acceptors (Lipinski definition) is 10. The van der Waals surface area contributed by atoms with Crippen LogP contribution in [0.2, 0.25) is 0 Å². The van der Waals surface area contributed by atoms with E-state index in [4.69, 9.17) is 48.9 Å². The molecule has 0 heterocycles. The molecule has 0 saturated heterocycles. The van der Waals surface area contributed by atoms with Crippen molar-refractivity contribution in [1.82, 2.24) is 19.6 Å². The predicted octanol–water partition coefficient (Wildman–Crippen LogP) is 8.20. The summed E-state index contributed by atoms with van der Waals surface area (Å²) in [7, 11) is 20.9. The maximum Gasteiger partial charge on any atom is 0.147 e. The molecule has 14 heteroatoms. The summed E-state index contributed by atoms with van der Waals surface area (Å²) in [6.07, 6.45) is 0. The molecule has 2 rings (SSSR count). The Kier molecular flexibility index (Phi) is 40.1. The van der Waals surface area contributed by atoms with Gasteiger partial charge in [-0.15, -0.1) is 0 Å². The van der Waals surface area contributed by atoms with Gasteiger partial charge in [-0.1, -0.05) is 122 Å². The Labute approximate surface area is 307 Å². The highest BCUT2D eigenvalue weighted by molar-refractivity contribution is 8.90. The molecule has 0 aromatic heterocycles. The van der Waals surface area contributed by atoms with Gasteiger partial charge in [-0.3, -0.25) is 0 Å². The molecule has 252 valence electrons. The van der Waals surface area contributed by atoms with E-state index in [-0.39, 0.29) is 0 Å². The zero-order valence-electron chi connectivity index (χ0n) is 28.3. The van der Waals surface area contributed by atoms with E-state index in [9.17, 15) is 0 Å². The number of rotatable bonds is 2. The summed E-state index contributed by atoms with van der Waals surface area (Å²) < 4.78 is 3.42. The van der Waals surface area contributed by atoms with Crippen LogP contribution in [-0.4, -0.2) is 105 Å². The summed E-state index contributed by atoms with van der Waals surface area (Å²) in [4.78, 5) is 7.94. The van der Waals surface area contributed by atoms with E-state index in [2.05, 4.69) is 49.0 Å². The topological polar surface area (TPSA) is 65.0 Å². The van der Waals surface area contributed by atoms with E-state index in [0.29, 0.717) is 12.1 Å². The highest BCUT2D eigenvalue weighted by Crippen LogP contribution is 2.29. The SMILES string of the molecule is CC(C)N(C)C(=S)SSC(=S)N(C)C(C)C.CN.CN.CN(C)C(=S)SSC(=S)N(C)C.c1ccccc1.c1ccccc1. The van der Waals surface area contributed by atoms with Crippen molar-refractivity contribution in [2.45, 2.75) is 39.8 Å². The van der Waals surface area contributed by atoms with Crippen molar-refractivity contribution in [2.24, 2.45) is 11.5 Å². The normalized spacial score (nSPS) is 8.91. The molecule has 0 unspecified atom stereocenters. The smallest absolute Gasteiger partial charge is 0.147 e. The Morgan fingerprint density at radius 2 is 0.568 bits per heavy atom. The first-order chi connectivity index (χ1) is 20.7. The summed E-state index contributed by atoms with van der Waals surface area (Å²) in [5.41, 5.74) is 9.00. The van der Waals surface area contributed by atoms with Crippen molar-refractivity contribution < 1.29 is 0 Å². The van der Waals surface area contributed by atoms with Crippen molar-refractivity contribution in [3.63, 3.8) is 0 Å². The molecule has 0 aliphatic rings. The minimum atomic E-state index is 0.428. The standard InChI is InChI=1S/C10H20N2S4.C6H12N2S4.2C6H6.2CH5N/c1-7(2)11(5)9(13)15-16-10(14)12(6)8(3)4;1-7(2)5(9)11-12-6(10)8(3)4;2*1-2-4-6-5-3-1;2*1-2/h7-8H,1-6H3;1-4H3;2*1-6H;2*2H2,1H3. The van der Waals surface area contributed by atoms with Gasteiger partial charge < -0.3 is 31.1 Å². The van der Waals surface area contributed by atoms with Gasteiger partial charge in [-0.05, 0) is 85.0 Å². The molecule has 2 aromatic rings. The summed E-state index contributed by atoms with van der Waals surface area (Å²) in [5, 5.41) is 0. The number of nitrogens with two attached hydrogens (primary N) is 2. The Morgan fingerprint density at radius 1 is 0.409 bits per heavy atom. The molecule has 0 bridgehead atoms. The van der Waals surface area contributed by atoms with Gasteiger partial charge in [-0.25, -0.2) is 0 Å². The summed E-state index contributed by atoms with van der Waals surface area (Å²) in [6.45, 7) is 8.48. The van der Waals surface area contributed by atoms with Gasteiger partial charge in [0, 0.05) is 54.4 Å². The Balaban J connectivity index is -0.000000249. The minimum Gasteiger partial charge on any atom is -0.363 e. The second-order valence-corrected chi connectivity index (χ2v) is 15.7. The van der Waals surface area contributed by atoms with E-state index in [1.807, 2.05) is 125 Å². The van der Waals surface area contributed by atoms with E-state index >= 15 is 0 Å². The van der Waals surface area contributed by atoms with E-state index < -0.39 is 0 Å². The summed E-state index contributed by atoms with van der Waals surface area (Å²) >= 11 is 20.8. The van der Waals surface area contributed by atoms with Crippen LogP contribution in [0.4, 0.5) is 0 Å². The van der Waals surface area contributed by atoms with Crippen molar-refractivity contribution in [1.29, 1.82) is 0 Å². The Morgan fingerprint density at radius 3 is 0.705 bits per heavy atom. The average molecular weight is 755 g/mol. The van der Waals surface area contributed by atoms with Crippen molar-refractivity contribution in [3.8, 4) is 0 Å². The monoisotopic (exact) mass is 754 g/mol. The molecule has 44 heavy (non-hydrogen) atoms. The van der Waals surface area contributed by atoms with Gasteiger partial charge in [0.25, 0.3) is 0 Å². The molecule has 0 radical (unpaired) electrons. The van der Waals surface area contributed by atoms with Crippen molar-refractivity contribution in [3.05, 3.63) is 72.8 Å². The third-order valence-electron chi connectivity index (χ3n) is 4.56. The number of nitrogens with zero attached hydrogens (tertiary/aromatic N) is 4. The Hall–Kier alpha value is -0.680. The second kappa shape index (κ2) is 35.2. The third kappa shape index (κ3) is 32.7. The first-order valence-electron chi connectivity index (χ1n) is 13.5. The van der Waals surface area contributed by atoms with Gasteiger partial charge in [0.1, 0.15) is 17.3 Å². The van der Waals surface area contributed by atoms with Crippen LogP contribution in [0.25, 0.3) is 0 Å². The van der Waals surface area contributed by atoms with Crippen LogP contribution < -0.4 is 11.5 Å². The molecule has 0 fully saturated rings. The van der Waals surface area contributed by atoms with Crippen LogP contribution in [0, 0.1) is 0 Å². The molecule has 0 saturated carbocycles. The van der Waals surface area contributed by atoms with Crippen LogP contribution in [0.1, 0.15) is 27.7 Å². The molecule has 0 aliphatic heterocycles. The van der Waals surface area contributed by atoms with E-state index in [1.54, 1.807) is 21.6 Å². The van der Waals surface area contributed by atoms with Crippen molar-refractivity contribution in [2.75, 3.05) is 56.4 Å². The molecule has 0 spiro atoms. The van der Waals surface area contributed by atoms with Crippen LogP contribution in [0.15, 0.2) is 72.8 Å². The fourth-order valence-electron chi connectivity index (χ4n) is 1.60. The van der Waals surface area contributed by atoms with E-state index in [1.165, 1.54) is 35.7 Å². The van der Waals surface area contributed by atoms with Gasteiger partial charge in [0.05, 0.1) is 0 Å². The zero-order chi connectivity index (χ0) is 35.1. The van der Waals surface area contributed by atoms with Gasteiger partial charge in [0.15, 0.2) is 0 Å². The average Bonchev–Trinajstić information content (AvgIpc) is 3.05. The molecular formula is C30H54N6S8. The lowest BCUT2D eigenvalue weighted by Gasteiger charge is -2.26. The van der Waals surface area contributed by atoms with Crippen LogP contribution >= 0.6 is 92.0 Å². The molecule has 2 aromatic carbocycles. The fourth-order valence-corrected chi connectivity index (χ4v) is 6.94. The maximum atomic E-state index is 5.31. The first kappa shape index (κ1) is 50.2. The minimum absolute atomic E-state index is 0.428. The van der Waals surface area contributed by atoms with E-state index in [0.717, 1.165) is 17.3 Å². The highest BCUT2D eigenvalue weighted by atomic mass is 33.1. The predicted molar refractivity (Wildman–Crippen MR) is 227 cm³/mol. The quantitative estimate of drug-likeness (QED) is 0.229. The lowest BCUT2D eigenvalue weighted by molar-refractivity contribution is 0.431. The lowest BCUT2D eigenvalue weighted by Crippen LogP contribution is -2.31. The van der Waals surface area contributed by atoms with Gasteiger partial charge >= 0.3 is 0 Å². The Bertz CT molecular complexity index is 818. The zero-order valence-corrected chi connectivity index (χ0v) is 34.8. The second-order valence-electron chi connectivity index (χ2n) is 8.90. The van der Waals surface area contributed by atoms with Gasteiger partial charge in [0.2, 0.25) is 0 Å². The third-order valence-corrected chi connectivity index (χ3v) is 12.6. The van der Waals surface area contributed by atoms with Crippen LogP contribution in [-0.2, 0) is 0 Å². The first-order valence-corrected chi connectivity index (χ1v) is 19.5. The molecule has 0 atom stereocenters. The number of thiocarbonyl (C=S) groups is 4. The molecule has 0 amide bonds. The van der Waals surface area contributed by atoms with Gasteiger partial charge in [-0.2, -0.15) is 0 Å². The molecule has 6 nitrogen and oxygen atoms in total. The number of hydrogen-bond donors (Lipinski definition) is 2.